The summed E-state index contributed by atoms with van der Waals surface area (Å²) in [5.41, 5.74) is 5.51. The lowest BCUT2D eigenvalue weighted by Gasteiger charge is -1.98. The van der Waals surface area contributed by atoms with E-state index in [0.717, 1.165) is 43.8 Å². The number of nitrogens with one attached hydrogen (secondary N) is 2. The molecule has 2 N–H and O–H groups in total. The topological polar surface area (TPSA) is 57.4 Å². The first-order valence-electron chi connectivity index (χ1n) is 7.18. The molecule has 0 atom stereocenters. The molecule has 0 unspecified atom stereocenters. The van der Waals surface area contributed by atoms with Crippen LogP contribution in [-0.4, -0.2) is 20.2 Å². The molecule has 2 aromatic heterocycles. The van der Waals surface area contributed by atoms with Crippen molar-refractivity contribution >= 4 is 50.2 Å². The molecule has 4 nitrogen and oxygen atoms in total. The molecule has 24 heavy (non-hydrogen) atoms. The number of hydrogen-bond donors (Lipinski definition) is 2. The fraction of sp³-hybridized carbons (Fsp3) is 0.0588. The number of aromatic amines is 2. The number of H-pyrrole nitrogens is 2. The number of rotatable bonds is 2. The number of fused-ring (bicyclic) bond motifs is 1. The molecule has 0 bridgehead atoms. The summed E-state index contributed by atoms with van der Waals surface area (Å²) in [5, 5.41) is 8.38. The molecule has 0 aliphatic carbocycles. The first-order chi connectivity index (χ1) is 11.5. The highest BCUT2D eigenvalue weighted by molar-refractivity contribution is 9.10. The van der Waals surface area contributed by atoms with Crippen LogP contribution < -0.4 is 0 Å². The third kappa shape index (κ3) is 2.73. The van der Waals surface area contributed by atoms with Gasteiger partial charge in [-0.1, -0.05) is 45.2 Å². The van der Waals surface area contributed by atoms with Crippen molar-refractivity contribution in [1.82, 2.24) is 20.2 Å². The van der Waals surface area contributed by atoms with Gasteiger partial charge in [0.25, 0.3) is 0 Å². The highest BCUT2D eigenvalue weighted by Gasteiger charge is 2.12. The van der Waals surface area contributed by atoms with E-state index in [2.05, 4.69) is 42.2 Å². The summed E-state index contributed by atoms with van der Waals surface area (Å²) in [6.45, 7) is 2.04. The van der Waals surface area contributed by atoms with Crippen molar-refractivity contribution in [1.29, 1.82) is 0 Å². The number of aryl methyl sites for hydroxylation is 1. The lowest BCUT2D eigenvalue weighted by Crippen LogP contribution is -1.79. The first-order valence-corrected chi connectivity index (χ1v) is 8.73. The van der Waals surface area contributed by atoms with Crippen LogP contribution in [0.1, 0.15) is 5.56 Å². The summed E-state index contributed by atoms with van der Waals surface area (Å²) in [5.74, 6) is 0.737. The van der Waals surface area contributed by atoms with Crippen molar-refractivity contribution in [3.8, 4) is 22.8 Å². The van der Waals surface area contributed by atoms with Gasteiger partial charge < -0.3 is 4.98 Å². The summed E-state index contributed by atoms with van der Waals surface area (Å²) in [6, 6.07) is 11.4. The van der Waals surface area contributed by atoms with E-state index >= 15 is 0 Å². The van der Waals surface area contributed by atoms with Gasteiger partial charge in [0.05, 0.1) is 26.8 Å². The molecular formula is C17H11BrCl2N4. The van der Waals surface area contributed by atoms with Gasteiger partial charge in [0, 0.05) is 10.0 Å². The van der Waals surface area contributed by atoms with E-state index in [4.69, 9.17) is 23.2 Å². The summed E-state index contributed by atoms with van der Waals surface area (Å²) in [7, 11) is 0. The molecule has 0 amide bonds. The highest BCUT2D eigenvalue weighted by Crippen LogP contribution is 2.30. The second-order valence-electron chi connectivity index (χ2n) is 5.50. The third-order valence-corrected chi connectivity index (χ3v) is 5.40. The molecule has 0 aliphatic rings. The SMILES string of the molecule is Cc1cc2[nH]c(-c3cc(-c4ccc(Cl)c(Cl)c4)n[nH]3)nc2cc1Br. The van der Waals surface area contributed by atoms with Crippen LogP contribution in [0, 0.1) is 6.92 Å². The zero-order chi connectivity index (χ0) is 16.8. The number of aromatic nitrogens is 4. The Kier molecular flexibility index (Phi) is 3.87. The average molecular weight is 422 g/mol. The first kappa shape index (κ1) is 15.7. The van der Waals surface area contributed by atoms with Gasteiger partial charge in [-0.2, -0.15) is 5.10 Å². The minimum Gasteiger partial charge on any atom is -0.337 e. The summed E-state index contributed by atoms with van der Waals surface area (Å²) in [6.07, 6.45) is 0. The Morgan fingerprint density at radius 2 is 1.88 bits per heavy atom. The second-order valence-corrected chi connectivity index (χ2v) is 7.17. The van der Waals surface area contributed by atoms with E-state index in [1.807, 2.05) is 25.1 Å². The number of imidazole rings is 1. The maximum absolute atomic E-state index is 6.08. The van der Waals surface area contributed by atoms with Gasteiger partial charge in [0.15, 0.2) is 5.82 Å². The molecule has 4 rings (SSSR count). The lowest BCUT2D eigenvalue weighted by atomic mass is 10.1. The van der Waals surface area contributed by atoms with Gasteiger partial charge in [-0.15, -0.1) is 0 Å². The van der Waals surface area contributed by atoms with Crippen LogP contribution in [0.25, 0.3) is 33.8 Å². The Balaban J connectivity index is 1.75. The van der Waals surface area contributed by atoms with Crippen molar-refractivity contribution in [3.63, 3.8) is 0 Å². The monoisotopic (exact) mass is 420 g/mol. The quantitative estimate of drug-likeness (QED) is 0.417. The molecule has 0 radical (unpaired) electrons. The Bertz CT molecular complexity index is 1030. The molecule has 0 fully saturated rings. The summed E-state index contributed by atoms with van der Waals surface area (Å²) in [4.78, 5) is 7.93. The van der Waals surface area contributed by atoms with E-state index in [1.54, 1.807) is 12.1 Å². The largest absolute Gasteiger partial charge is 0.337 e. The van der Waals surface area contributed by atoms with Crippen LogP contribution in [0.5, 0.6) is 0 Å². The minimum absolute atomic E-state index is 0.503. The van der Waals surface area contributed by atoms with E-state index in [0.29, 0.717) is 10.0 Å². The maximum atomic E-state index is 6.08. The lowest BCUT2D eigenvalue weighted by molar-refractivity contribution is 1.09. The van der Waals surface area contributed by atoms with Crippen LogP contribution in [0.3, 0.4) is 0 Å². The summed E-state index contributed by atoms with van der Waals surface area (Å²) >= 11 is 15.6. The van der Waals surface area contributed by atoms with Crippen LogP contribution in [-0.2, 0) is 0 Å². The average Bonchev–Trinajstić information content (AvgIpc) is 3.17. The Hall–Kier alpha value is -1.82. The van der Waals surface area contributed by atoms with Gasteiger partial charge in [-0.25, -0.2) is 4.98 Å². The smallest absolute Gasteiger partial charge is 0.156 e. The van der Waals surface area contributed by atoms with Crippen molar-refractivity contribution in [3.05, 3.63) is 56.5 Å². The van der Waals surface area contributed by atoms with E-state index in [-0.39, 0.29) is 0 Å². The molecule has 0 aliphatic heterocycles. The number of halogens is 3. The fourth-order valence-electron chi connectivity index (χ4n) is 2.51. The molecule has 120 valence electrons. The van der Waals surface area contributed by atoms with Gasteiger partial charge in [-0.05, 0) is 42.8 Å². The zero-order valence-electron chi connectivity index (χ0n) is 12.5. The molecule has 7 heteroatoms. The fourth-order valence-corrected chi connectivity index (χ4v) is 3.14. The van der Waals surface area contributed by atoms with Crippen LogP contribution in [0.4, 0.5) is 0 Å². The zero-order valence-corrected chi connectivity index (χ0v) is 15.6. The van der Waals surface area contributed by atoms with Crippen LogP contribution in [0.15, 0.2) is 40.9 Å². The molecule has 0 spiro atoms. The standard InChI is InChI=1S/C17H11BrCl2N4/c1-8-4-14-15(6-10(8)18)22-17(21-14)16-7-13(23-24-16)9-2-3-11(19)12(20)5-9/h2-7H,1H3,(H,21,22)(H,23,24). The van der Waals surface area contributed by atoms with E-state index in [1.165, 1.54) is 0 Å². The highest BCUT2D eigenvalue weighted by atomic mass is 79.9. The molecule has 2 aromatic carbocycles. The third-order valence-electron chi connectivity index (χ3n) is 3.81. The van der Waals surface area contributed by atoms with Crippen LogP contribution >= 0.6 is 39.1 Å². The number of benzene rings is 2. The normalized spacial score (nSPS) is 11.3. The van der Waals surface area contributed by atoms with Gasteiger partial charge in [0.1, 0.15) is 5.69 Å². The van der Waals surface area contributed by atoms with Crippen molar-refractivity contribution in [2.45, 2.75) is 6.92 Å². The van der Waals surface area contributed by atoms with Gasteiger partial charge in [0.2, 0.25) is 0 Å². The van der Waals surface area contributed by atoms with Crippen LogP contribution in [0.2, 0.25) is 10.0 Å². The second kappa shape index (κ2) is 5.92. The number of nitrogens with zero attached hydrogens (tertiary/aromatic N) is 2. The minimum atomic E-state index is 0.503. The van der Waals surface area contributed by atoms with E-state index in [9.17, 15) is 0 Å². The molecule has 2 heterocycles. The molecular weight excluding hydrogens is 411 g/mol. The predicted octanol–water partition coefficient (Wildman–Crippen LogP) is 6.00. The Morgan fingerprint density at radius 3 is 2.67 bits per heavy atom. The van der Waals surface area contributed by atoms with E-state index < -0.39 is 0 Å². The predicted molar refractivity (Wildman–Crippen MR) is 102 cm³/mol. The van der Waals surface area contributed by atoms with Crippen molar-refractivity contribution in [2.75, 3.05) is 0 Å². The summed E-state index contributed by atoms with van der Waals surface area (Å²) < 4.78 is 1.04. The molecule has 0 saturated heterocycles. The Morgan fingerprint density at radius 1 is 1.04 bits per heavy atom. The van der Waals surface area contributed by atoms with Gasteiger partial charge in [-0.3, -0.25) is 5.10 Å². The Labute approximate surface area is 156 Å². The maximum Gasteiger partial charge on any atom is 0.156 e. The van der Waals surface area contributed by atoms with Crippen molar-refractivity contribution < 1.29 is 0 Å². The van der Waals surface area contributed by atoms with Crippen molar-refractivity contribution in [2.24, 2.45) is 0 Å². The molecule has 4 aromatic rings. The number of hydrogen-bond acceptors (Lipinski definition) is 2. The van der Waals surface area contributed by atoms with Gasteiger partial charge >= 0.3 is 0 Å². The molecule has 0 saturated carbocycles.